The first-order valence-corrected chi connectivity index (χ1v) is 14.4. The molecule has 1 heterocycles. The lowest BCUT2D eigenvalue weighted by atomic mass is 9.39. The van der Waals surface area contributed by atoms with Gasteiger partial charge >= 0.3 is 17.9 Å². The summed E-state index contributed by atoms with van der Waals surface area (Å²) >= 11 is 0. The summed E-state index contributed by atoms with van der Waals surface area (Å²) in [5.41, 5.74) is -6.93. The zero-order valence-corrected chi connectivity index (χ0v) is 25.9. The number of hydrogen-bond acceptors (Lipinski definition) is 9. The number of rotatable bonds is 7. The van der Waals surface area contributed by atoms with Gasteiger partial charge in [-0.05, 0) is 94.4 Å². The van der Waals surface area contributed by atoms with Crippen molar-refractivity contribution in [1.82, 2.24) is 0 Å². The van der Waals surface area contributed by atoms with E-state index in [-0.39, 0.29) is 12.8 Å². The molecule has 4 rings (SSSR count). The summed E-state index contributed by atoms with van der Waals surface area (Å²) in [6.45, 7) is 14.4. The fraction of sp³-hybridized carbons (Fsp3) is 0.688. The van der Waals surface area contributed by atoms with E-state index in [1.807, 2.05) is 6.92 Å². The molecule has 4 aliphatic rings. The molecule has 0 unspecified atom stereocenters. The molecule has 0 aromatic carbocycles. The van der Waals surface area contributed by atoms with Crippen molar-refractivity contribution in [3.05, 3.63) is 35.5 Å². The van der Waals surface area contributed by atoms with Crippen LogP contribution in [0.1, 0.15) is 81.6 Å². The van der Waals surface area contributed by atoms with E-state index in [0.29, 0.717) is 17.6 Å². The first-order chi connectivity index (χ1) is 18.9. The van der Waals surface area contributed by atoms with Gasteiger partial charge in [0.2, 0.25) is 5.79 Å². The SMILES string of the molecule is CC(=O)OC(C)(C)/C=C/C(=O)[C@](C)(O)[C@H]1[C@H](O)C[C@@]2(C)[C@@H]3CC=C(C(C)(C)C(=O)O)C4=CC(=O)O[C@](O)(C[C@]12C)[C@@]43C. The fourth-order valence-electron chi connectivity index (χ4n) is 8.92. The summed E-state index contributed by atoms with van der Waals surface area (Å²) in [6, 6.07) is 0. The van der Waals surface area contributed by atoms with Gasteiger partial charge in [0.1, 0.15) is 11.2 Å². The van der Waals surface area contributed by atoms with E-state index >= 15 is 0 Å². The Morgan fingerprint density at radius 2 is 1.69 bits per heavy atom. The molecule has 0 radical (unpaired) electrons. The third kappa shape index (κ3) is 4.24. The molecule has 4 N–H and O–H groups in total. The molecule has 10 nitrogen and oxygen atoms in total. The Labute approximate surface area is 246 Å². The fourth-order valence-corrected chi connectivity index (χ4v) is 8.92. The highest BCUT2D eigenvalue weighted by Gasteiger charge is 2.78. The van der Waals surface area contributed by atoms with Gasteiger partial charge < -0.3 is 29.9 Å². The van der Waals surface area contributed by atoms with Crippen LogP contribution in [0.4, 0.5) is 0 Å². The van der Waals surface area contributed by atoms with Gasteiger partial charge in [-0.1, -0.05) is 19.9 Å². The van der Waals surface area contributed by atoms with Gasteiger partial charge in [0, 0.05) is 25.3 Å². The molecular weight excluding hydrogens is 544 g/mol. The molecule has 3 aliphatic carbocycles. The Morgan fingerprint density at radius 3 is 2.24 bits per heavy atom. The summed E-state index contributed by atoms with van der Waals surface area (Å²) in [6.07, 6.45) is 4.71. The number of aliphatic hydroxyl groups is 3. The van der Waals surface area contributed by atoms with E-state index in [4.69, 9.17) is 9.47 Å². The van der Waals surface area contributed by atoms with Gasteiger partial charge in [-0.3, -0.25) is 14.4 Å². The molecule has 10 heteroatoms. The van der Waals surface area contributed by atoms with Crippen molar-refractivity contribution in [2.75, 3.05) is 0 Å². The molecular formula is C32H44O10. The van der Waals surface area contributed by atoms with Crippen molar-refractivity contribution in [2.24, 2.45) is 33.5 Å². The first-order valence-electron chi connectivity index (χ1n) is 14.4. The molecule has 0 spiro atoms. The molecule has 2 fully saturated rings. The number of carbonyl (C=O) groups is 4. The number of aliphatic hydroxyl groups excluding tert-OH is 1. The first kappa shape index (κ1) is 32.1. The van der Waals surface area contributed by atoms with Gasteiger partial charge in [-0.15, -0.1) is 0 Å². The number of aliphatic carboxylic acids is 1. The maximum Gasteiger partial charge on any atom is 0.333 e. The average Bonchev–Trinajstić information content (AvgIpc) is 3.01. The number of carboxylic acid groups (broad SMARTS) is 1. The van der Waals surface area contributed by atoms with Gasteiger partial charge in [-0.2, -0.15) is 0 Å². The smallest absolute Gasteiger partial charge is 0.333 e. The minimum absolute atomic E-state index is 0.184. The van der Waals surface area contributed by atoms with E-state index in [2.05, 4.69) is 0 Å². The lowest BCUT2D eigenvalue weighted by molar-refractivity contribution is -0.326. The Hall–Kier alpha value is -2.82. The highest BCUT2D eigenvalue weighted by atomic mass is 16.7. The quantitative estimate of drug-likeness (QED) is 0.256. The molecule has 232 valence electrons. The van der Waals surface area contributed by atoms with Crippen LogP contribution in [0.5, 0.6) is 0 Å². The zero-order valence-electron chi connectivity index (χ0n) is 25.9. The predicted molar refractivity (Wildman–Crippen MR) is 150 cm³/mol. The van der Waals surface area contributed by atoms with E-state index < -0.39 is 80.3 Å². The molecule has 2 saturated carbocycles. The summed E-state index contributed by atoms with van der Waals surface area (Å²) in [5, 5.41) is 45.7. The molecule has 0 amide bonds. The maximum atomic E-state index is 13.5. The number of ketones is 1. The second-order valence-electron chi connectivity index (χ2n) is 14.6. The van der Waals surface area contributed by atoms with Crippen LogP contribution in [0, 0.1) is 33.5 Å². The largest absolute Gasteiger partial charge is 0.481 e. The maximum absolute atomic E-state index is 13.5. The van der Waals surface area contributed by atoms with Gasteiger partial charge in [0.15, 0.2) is 5.78 Å². The number of fused-ring (bicyclic) bond motifs is 2. The van der Waals surface area contributed by atoms with Gasteiger partial charge in [0.05, 0.1) is 16.9 Å². The van der Waals surface area contributed by atoms with Crippen molar-refractivity contribution in [2.45, 2.75) is 105 Å². The molecule has 0 aromatic heterocycles. The van der Waals surface area contributed by atoms with Crippen LogP contribution in [-0.2, 0) is 28.7 Å². The van der Waals surface area contributed by atoms with Crippen LogP contribution in [-0.4, -0.2) is 67.2 Å². The number of ether oxygens (including phenoxy) is 2. The second-order valence-corrected chi connectivity index (χ2v) is 14.6. The van der Waals surface area contributed by atoms with Crippen LogP contribution in [0.2, 0.25) is 0 Å². The van der Waals surface area contributed by atoms with Crippen LogP contribution < -0.4 is 0 Å². The van der Waals surface area contributed by atoms with Crippen molar-refractivity contribution in [3.63, 3.8) is 0 Å². The minimum atomic E-state index is -2.12. The molecule has 0 saturated heterocycles. The summed E-state index contributed by atoms with van der Waals surface area (Å²) < 4.78 is 10.9. The highest BCUT2D eigenvalue weighted by Crippen LogP contribution is 2.77. The number of hydrogen-bond donors (Lipinski definition) is 4. The lowest BCUT2D eigenvalue weighted by Crippen LogP contribution is -2.70. The number of carboxylic acids is 1. The normalized spacial score (nSPS) is 39.3. The highest BCUT2D eigenvalue weighted by molar-refractivity contribution is 5.97. The van der Waals surface area contributed by atoms with E-state index in [0.717, 1.165) is 6.08 Å². The average molecular weight is 589 g/mol. The Morgan fingerprint density at radius 1 is 1.10 bits per heavy atom. The van der Waals surface area contributed by atoms with Crippen molar-refractivity contribution >= 4 is 23.7 Å². The Balaban J connectivity index is 1.84. The zero-order chi connectivity index (χ0) is 32.1. The monoisotopic (exact) mass is 588 g/mol. The predicted octanol–water partition coefficient (Wildman–Crippen LogP) is 3.24. The number of carbonyl (C=O) groups excluding carboxylic acids is 3. The van der Waals surface area contributed by atoms with E-state index in [1.165, 1.54) is 26.0 Å². The van der Waals surface area contributed by atoms with Gasteiger partial charge in [0.25, 0.3) is 0 Å². The summed E-state index contributed by atoms with van der Waals surface area (Å²) in [4.78, 5) is 50.2. The third-order valence-corrected chi connectivity index (χ3v) is 11.2. The third-order valence-electron chi connectivity index (χ3n) is 11.2. The number of esters is 2. The second kappa shape index (κ2) is 9.34. The topological polar surface area (TPSA) is 168 Å². The molecule has 0 aromatic rings. The van der Waals surface area contributed by atoms with Crippen molar-refractivity contribution in [3.8, 4) is 0 Å². The molecule has 8 atom stereocenters. The number of allylic oxidation sites excluding steroid dienone is 1. The standard InChI is InChI=1S/C32H44O10/c1-17(33)41-26(2,3)13-12-22(35)31(9,39)24-20(34)15-28(6)21-11-10-18(27(4,5)25(37)38)19-14-23(36)42-32(40,30(19,21)8)16-29(24,28)7/h10,12-14,20-21,24,34,39-40H,11,15-16H2,1-9H3,(H,37,38)/b13-12+/t20-,21+,24+,28+,29-,30+,31+,32-/m1/s1. The van der Waals surface area contributed by atoms with E-state index in [1.54, 1.807) is 47.6 Å². The van der Waals surface area contributed by atoms with Crippen LogP contribution in [0.15, 0.2) is 35.5 Å². The van der Waals surface area contributed by atoms with Crippen LogP contribution in [0.3, 0.4) is 0 Å². The molecule has 42 heavy (non-hydrogen) atoms. The summed E-state index contributed by atoms with van der Waals surface area (Å²) in [7, 11) is 0. The van der Waals surface area contributed by atoms with Crippen LogP contribution >= 0.6 is 0 Å². The molecule has 1 aliphatic heterocycles. The van der Waals surface area contributed by atoms with Gasteiger partial charge in [-0.25, -0.2) is 4.79 Å². The lowest BCUT2D eigenvalue weighted by Gasteiger charge is -2.68. The summed E-state index contributed by atoms with van der Waals surface area (Å²) in [5.74, 6) is -6.80. The van der Waals surface area contributed by atoms with Crippen molar-refractivity contribution < 1.29 is 49.1 Å². The Bertz CT molecular complexity index is 1330. The Kier molecular flexibility index (Phi) is 7.14. The van der Waals surface area contributed by atoms with E-state index in [9.17, 15) is 39.6 Å². The van der Waals surface area contributed by atoms with Crippen LogP contribution in [0.25, 0.3) is 0 Å². The molecule has 0 bridgehead atoms. The minimum Gasteiger partial charge on any atom is -0.481 e. The van der Waals surface area contributed by atoms with Crippen molar-refractivity contribution in [1.29, 1.82) is 0 Å².